The third-order valence-corrected chi connectivity index (χ3v) is 2.85. The number of ether oxygens (including phenoxy) is 1. The second-order valence-corrected chi connectivity index (χ2v) is 4.64. The minimum Gasteiger partial charge on any atom is -0.439 e. The van der Waals surface area contributed by atoms with E-state index in [9.17, 15) is 0 Å². The highest BCUT2D eigenvalue weighted by Gasteiger charge is 2.05. The molecule has 0 amide bonds. The molecule has 0 aliphatic rings. The molecule has 1 aromatic carbocycles. The molecular weight excluding hydrogens is 268 g/mol. The average Bonchev–Trinajstić information content (AvgIpc) is 2.34. The molecule has 0 bridgehead atoms. The van der Waals surface area contributed by atoms with Crippen LogP contribution < -0.4 is 10.5 Å². The van der Waals surface area contributed by atoms with Gasteiger partial charge in [-0.1, -0.05) is 29.9 Å². The van der Waals surface area contributed by atoms with Gasteiger partial charge in [0, 0.05) is 22.8 Å². The molecule has 3 nitrogen and oxygen atoms in total. The molecule has 0 aliphatic carbocycles. The highest BCUT2D eigenvalue weighted by molar-refractivity contribution is 7.80. The Labute approximate surface area is 116 Å². The number of nitrogens with two attached hydrogens (primary N) is 1. The normalized spacial score (nSPS) is 10.1. The number of thiocarbonyl (C=S) groups is 1. The van der Waals surface area contributed by atoms with Gasteiger partial charge in [0.05, 0.1) is 0 Å². The van der Waals surface area contributed by atoms with E-state index in [1.54, 1.807) is 24.4 Å². The maximum Gasteiger partial charge on any atom is 0.219 e. The Balaban J connectivity index is 2.31. The molecule has 0 saturated heterocycles. The molecular formula is C13H11ClN2OS. The first-order valence-electron chi connectivity index (χ1n) is 5.26. The Bertz CT molecular complexity index is 601. The van der Waals surface area contributed by atoms with Crippen molar-refractivity contribution < 1.29 is 4.74 Å². The molecule has 0 fully saturated rings. The molecule has 18 heavy (non-hydrogen) atoms. The van der Waals surface area contributed by atoms with Crippen LogP contribution in [0.15, 0.2) is 36.5 Å². The summed E-state index contributed by atoms with van der Waals surface area (Å²) in [5, 5.41) is 0.612. The summed E-state index contributed by atoms with van der Waals surface area (Å²) >= 11 is 10.8. The van der Waals surface area contributed by atoms with E-state index in [1.165, 1.54) is 0 Å². The van der Waals surface area contributed by atoms with Crippen molar-refractivity contribution in [1.82, 2.24) is 4.98 Å². The monoisotopic (exact) mass is 278 g/mol. The lowest BCUT2D eigenvalue weighted by molar-refractivity contribution is 0.459. The van der Waals surface area contributed by atoms with E-state index in [4.69, 9.17) is 34.3 Å². The standard InChI is InChI=1S/C13H11ClN2OS/c1-8-2-3-10(14)7-11(8)17-12-6-9(13(15)18)4-5-16-12/h2-7H,1H3,(H2,15,18). The maximum atomic E-state index is 5.92. The van der Waals surface area contributed by atoms with Crippen LogP contribution >= 0.6 is 23.8 Å². The summed E-state index contributed by atoms with van der Waals surface area (Å²) in [6.07, 6.45) is 1.60. The van der Waals surface area contributed by atoms with Crippen LogP contribution in [0.3, 0.4) is 0 Å². The summed E-state index contributed by atoms with van der Waals surface area (Å²) < 4.78 is 5.67. The van der Waals surface area contributed by atoms with Crippen LogP contribution in [-0.4, -0.2) is 9.97 Å². The van der Waals surface area contributed by atoms with Gasteiger partial charge < -0.3 is 10.5 Å². The van der Waals surface area contributed by atoms with Crippen LogP contribution in [0.2, 0.25) is 5.02 Å². The summed E-state index contributed by atoms with van der Waals surface area (Å²) in [7, 11) is 0. The maximum absolute atomic E-state index is 5.92. The lowest BCUT2D eigenvalue weighted by Gasteiger charge is -2.08. The van der Waals surface area contributed by atoms with Crippen LogP contribution in [0.5, 0.6) is 11.6 Å². The van der Waals surface area contributed by atoms with E-state index in [0.717, 1.165) is 11.1 Å². The first-order valence-corrected chi connectivity index (χ1v) is 6.05. The highest BCUT2D eigenvalue weighted by Crippen LogP contribution is 2.27. The van der Waals surface area contributed by atoms with Crippen molar-refractivity contribution >= 4 is 28.8 Å². The van der Waals surface area contributed by atoms with Gasteiger partial charge in [0.2, 0.25) is 5.88 Å². The number of benzene rings is 1. The largest absolute Gasteiger partial charge is 0.439 e. The third kappa shape index (κ3) is 2.97. The van der Waals surface area contributed by atoms with Gasteiger partial charge in [-0.15, -0.1) is 0 Å². The molecule has 92 valence electrons. The number of halogens is 1. The predicted molar refractivity (Wildman–Crippen MR) is 76.4 cm³/mol. The number of aryl methyl sites for hydroxylation is 1. The van der Waals surface area contributed by atoms with E-state index in [-0.39, 0.29) is 0 Å². The molecule has 2 N–H and O–H groups in total. The van der Waals surface area contributed by atoms with Gasteiger partial charge >= 0.3 is 0 Å². The van der Waals surface area contributed by atoms with Crippen LogP contribution in [0.25, 0.3) is 0 Å². The first-order chi connectivity index (χ1) is 8.56. The quantitative estimate of drug-likeness (QED) is 0.874. The number of aromatic nitrogens is 1. The van der Waals surface area contributed by atoms with E-state index >= 15 is 0 Å². The van der Waals surface area contributed by atoms with Crippen molar-refractivity contribution in [2.75, 3.05) is 0 Å². The van der Waals surface area contributed by atoms with Crippen molar-refractivity contribution in [2.45, 2.75) is 6.92 Å². The predicted octanol–water partition coefficient (Wildman–Crippen LogP) is 3.47. The zero-order valence-electron chi connectivity index (χ0n) is 9.68. The Kier molecular flexibility index (Phi) is 3.79. The fourth-order valence-electron chi connectivity index (χ4n) is 1.42. The fourth-order valence-corrected chi connectivity index (χ4v) is 1.70. The van der Waals surface area contributed by atoms with Gasteiger partial charge in [-0.3, -0.25) is 0 Å². The Morgan fingerprint density at radius 3 is 2.83 bits per heavy atom. The van der Waals surface area contributed by atoms with Crippen LogP contribution in [0.1, 0.15) is 11.1 Å². The number of pyridine rings is 1. The molecule has 1 heterocycles. The van der Waals surface area contributed by atoms with E-state index in [1.807, 2.05) is 19.1 Å². The van der Waals surface area contributed by atoms with E-state index in [0.29, 0.717) is 21.6 Å². The molecule has 0 unspecified atom stereocenters. The van der Waals surface area contributed by atoms with Crippen LogP contribution in [-0.2, 0) is 0 Å². The lowest BCUT2D eigenvalue weighted by atomic mass is 10.2. The van der Waals surface area contributed by atoms with Gasteiger partial charge in [-0.05, 0) is 30.7 Å². The smallest absolute Gasteiger partial charge is 0.219 e. The van der Waals surface area contributed by atoms with E-state index < -0.39 is 0 Å². The van der Waals surface area contributed by atoms with Crippen molar-refractivity contribution in [3.8, 4) is 11.6 Å². The minimum atomic E-state index is 0.310. The molecule has 0 radical (unpaired) electrons. The summed E-state index contributed by atoms with van der Waals surface area (Å²) in [6, 6.07) is 8.87. The Morgan fingerprint density at radius 1 is 1.33 bits per heavy atom. The first kappa shape index (κ1) is 12.8. The highest BCUT2D eigenvalue weighted by atomic mass is 35.5. The lowest BCUT2D eigenvalue weighted by Crippen LogP contribution is -2.09. The zero-order chi connectivity index (χ0) is 13.1. The second kappa shape index (κ2) is 5.33. The summed E-state index contributed by atoms with van der Waals surface area (Å²) in [5.41, 5.74) is 7.25. The molecule has 2 rings (SSSR count). The Morgan fingerprint density at radius 2 is 2.11 bits per heavy atom. The van der Waals surface area contributed by atoms with Gasteiger partial charge in [0.15, 0.2) is 0 Å². The summed E-state index contributed by atoms with van der Waals surface area (Å²) in [6.45, 7) is 1.93. The SMILES string of the molecule is Cc1ccc(Cl)cc1Oc1cc(C(N)=S)ccn1. The fraction of sp³-hybridized carbons (Fsp3) is 0.0769. The topological polar surface area (TPSA) is 48.1 Å². The van der Waals surface area contributed by atoms with Gasteiger partial charge in [-0.2, -0.15) is 0 Å². The third-order valence-electron chi connectivity index (χ3n) is 2.38. The molecule has 2 aromatic rings. The molecule has 0 spiro atoms. The molecule has 1 aromatic heterocycles. The van der Waals surface area contributed by atoms with Crippen molar-refractivity contribution in [2.24, 2.45) is 5.73 Å². The van der Waals surface area contributed by atoms with Crippen molar-refractivity contribution in [3.63, 3.8) is 0 Å². The molecule has 0 atom stereocenters. The minimum absolute atomic E-state index is 0.310. The number of hydrogen-bond acceptors (Lipinski definition) is 3. The van der Waals surface area contributed by atoms with Gasteiger partial charge in [0.1, 0.15) is 10.7 Å². The zero-order valence-corrected chi connectivity index (χ0v) is 11.3. The van der Waals surface area contributed by atoms with Gasteiger partial charge in [-0.25, -0.2) is 4.98 Å². The second-order valence-electron chi connectivity index (χ2n) is 3.76. The van der Waals surface area contributed by atoms with Crippen molar-refractivity contribution in [3.05, 3.63) is 52.7 Å². The summed E-state index contributed by atoms with van der Waals surface area (Å²) in [5.74, 6) is 1.10. The number of rotatable bonds is 3. The number of hydrogen-bond donors (Lipinski definition) is 1. The number of nitrogens with zero attached hydrogens (tertiary/aromatic N) is 1. The Hall–Kier alpha value is -1.65. The average molecular weight is 279 g/mol. The summed E-state index contributed by atoms with van der Waals surface area (Å²) in [4.78, 5) is 4.42. The van der Waals surface area contributed by atoms with Crippen LogP contribution in [0, 0.1) is 6.92 Å². The van der Waals surface area contributed by atoms with Crippen molar-refractivity contribution in [1.29, 1.82) is 0 Å². The van der Waals surface area contributed by atoms with Gasteiger partial charge in [0.25, 0.3) is 0 Å². The molecule has 0 aliphatic heterocycles. The molecule has 0 saturated carbocycles. The molecule has 5 heteroatoms. The van der Waals surface area contributed by atoms with Crippen LogP contribution in [0.4, 0.5) is 0 Å². The van der Waals surface area contributed by atoms with E-state index in [2.05, 4.69) is 4.98 Å².